The quantitative estimate of drug-likeness (QED) is 0.625. The summed E-state index contributed by atoms with van der Waals surface area (Å²) in [5.74, 6) is 1.98. The van der Waals surface area contributed by atoms with Gasteiger partial charge in [-0.05, 0) is 54.8 Å². The Morgan fingerprint density at radius 3 is 2.78 bits per heavy atom. The van der Waals surface area contributed by atoms with E-state index >= 15 is 0 Å². The highest BCUT2D eigenvalue weighted by Crippen LogP contribution is 2.20. The molecule has 6 nitrogen and oxygen atoms in total. The van der Waals surface area contributed by atoms with E-state index in [4.69, 9.17) is 10.00 Å². The van der Waals surface area contributed by atoms with Gasteiger partial charge in [-0.15, -0.1) is 0 Å². The van der Waals surface area contributed by atoms with Crippen molar-refractivity contribution in [3.05, 3.63) is 59.9 Å². The Kier molecular flexibility index (Phi) is 6.34. The summed E-state index contributed by atoms with van der Waals surface area (Å²) in [6, 6.07) is 16.3. The molecule has 0 radical (unpaired) electrons. The van der Waals surface area contributed by atoms with Gasteiger partial charge in [-0.2, -0.15) is 17.0 Å². The molecule has 1 aromatic heterocycles. The molecule has 3 rings (SSSR count). The Bertz CT molecular complexity index is 914. The van der Waals surface area contributed by atoms with E-state index in [1.165, 1.54) is 0 Å². The van der Waals surface area contributed by atoms with Gasteiger partial charge in [-0.3, -0.25) is 4.79 Å². The molecule has 1 heterocycles. The third kappa shape index (κ3) is 5.02. The standard InChI is InChI=1S/C20H20N4O2S/c1-27-11-10-18(20-23-16-4-2-3-5-17(16)24-20)22-19(25)13-26-15-8-6-14(12-21)7-9-15/h2-9,18H,10-11,13H2,1H3,(H,22,25)(H,23,24)/t18-/m0/s1. The van der Waals surface area contributed by atoms with Crippen molar-refractivity contribution in [1.82, 2.24) is 15.3 Å². The molecule has 1 atom stereocenters. The van der Waals surface area contributed by atoms with Gasteiger partial charge in [0.15, 0.2) is 6.61 Å². The first-order chi connectivity index (χ1) is 13.2. The molecule has 0 saturated carbocycles. The monoisotopic (exact) mass is 380 g/mol. The molecule has 0 saturated heterocycles. The zero-order chi connectivity index (χ0) is 19.1. The second-order valence-electron chi connectivity index (χ2n) is 5.97. The summed E-state index contributed by atoms with van der Waals surface area (Å²) in [7, 11) is 0. The number of rotatable bonds is 8. The second kappa shape index (κ2) is 9.10. The number of para-hydroxylation sites is 2. The van der Waals surface area contributed by atoms with Crippen LogP contribution in [0.15, 0.2) is 48.5 Å². The van der Waals surface area contributed by atoms with Crippen molar-refractivity contribution in [2.24, 2.45) is 0 Å². The number of hydrogen-bond acceptors (Lipinski definition) is 5. The van der Waals surface area contributed by atoms with Crippen LogP contribution in [-0.4, -0.2) is 34.5 Å². The first kappa shape index (κ1) is 18.8. The lowest BCUT2D eigenvalue weighted by atomic mass is 10.2. The van der Waals surface area contributed by atoms with Gasteiger partial charge < -0.3 is 15.0 Å². The Balaban J connectivity index is 1.64. The van der Waals surface area contributed by atoms with Crippen LogP contribution in [-0.2, 0) is 4.79 Å². The molecular weight excluding hydrogens is 360 g/mol. The first-order valence-corrected chi connectivity index (χ1v) is 9.95. The number of benzene rings is 2. The molecule has 0 aliphatic heterocycles. The average Bonchev–Trinajstić information content (AvgIpc) is 3.14. The number of fused-ring (bicyclic) bond motifs is 1. The van der Waals surface area contributed by atoms with Crippen LogP contribution in [0.1, 0.15) is 23.9 Å². The van der Waals surface area contributed by atoms with Crippen molar-refractivity contribution in [3.8, 4) is 11.8 Å². The fourth-order valence-electron chi connectivity index (χ4n) is 2.66. The van der Waals surface area contributed by atoms with Crippen molar-refractivity contribution < 1.29 is 9.53 Å². The molecule has 138 valence electrons. The second-order valence-corrected chi connectivity index (χ2v) is 6.95. The summed E-state index contributed by atoms with van der Waals surface area (Å²) in [5.41, 5.74) is 2.38. The lowest BCUT2D eigenvalue weighted by Gasteiger charge is -2.16. The topological polar surface area (TPSA) is 90.8 Å². The minimum Gasteiger partial charge on any atom is -0.484 e. The number of aromatic amines is 1. The minimum absolute atomic E-state index is 0.0953. The van der Waals surface area contributed by atoms with Crippen molar-refractivity contribution in [2.75, 3.05) is 18.6 Å². The van der Waals surface area contributed by atoms with E-state index in [0.29, 0.717) is 11.3 Å². The number of nitrogens with zero attached hydrogens (tertiary/aromatic N) is 2. The van der Waals surface area contributed by atoms with Crippen LogP contribution < -0.4 is 10.1 Å². The summed E-state index contributed by atoms with van der Waals surface area (Å²) >= 11 is 1.72. The number of carbonyl (C=O) groups is 1. The normalized spacial score (nSPS) is 11.7. The lowest BCUT2D eigenvalue weighted by molar-refractivity contribution is -0.123. The predicted molar refractivity (Wildman–Crippen MR) is 107 cm³/mol. The smallest absolute Gasteiger partial charge is 0.258 e. The molecule has 7 heteroatoms. The van der Waals surface area contributed by atoms with Crippen LogP contribution >= 0.6 is 11.8 Å². The maximum Gasteiger partial charge on any atom is 0.258 e. The van der Waals surface area contributed by atoms with E-state index in [9.17, 15) is 4.79 Å². The van der Waals surface area contributed by atoms with Gasteiger partial charge in [0.25, 0.3) is 5.91 Å². The molecule has 27 heavy (non-hydrogen) atoms. The van der Waals surface area contributed by atoms with Gasteiger partial charge >= 0.3 is 0 Å². The highest BCUT2D eigenvalue weighted by molar-refractivity contribution is 7.98. The third-order valence-electron chi connectivity index (χ3n) is 4.04. The van der Waals surface area contributed by atoms with Crippen molar-refractivity contribution in [2.45, 2.75) is 12.5 Å². The van der Waals surface area contributed by atoms with Gasteiger partial charge in [-0.25, -0.2) is 4.98 Å². The largest absolute Gasteiger partial charge is 0.484 e. The molecule has 0 aliphatic carbocycles. The summed E-state index contributed by atoms with van der Waals surface area (Å²) in [6.45, 7) is -0.0953. The zero-order valence-corrected chi connectivity index (χ0v) is 15.8. The lowest BCUT2D eigenvalue weighted by Crippen LogP contribution is -2.33. The van der Waals surface area contributed by atoms with E-state index in [1.54, 1.807) is 36.0 Å². The number of amides is 1. The number of carbonyl (C=O) groups excluding carboxylic acids is 1. The number of aromatic nitrogens is 2. The molecule has 2 N–H and O–H groups in total. The Morgan fingerprint density at radius 1 is 1.30 bits per heavy atom. The summed E-state index contributed by atoms with van der Waals surface area (Å²) in [4.78, 5) is 20.3. The van der Waals surface area contributed by atoms with Crippen LogP contribution in [0.4, 0.5) is 0 Å². The number of thioether (sulfide) groups is 1. The summed E-state index contributed by atoms with van der Waals surface area (Å²) in [6.07, 6.45) is 2.80. The first-order valence-electron chi connectivity index (χ1n) is 8.55. The Morgan fingerprint density at radius 2 is 2.07 bits per heavy atom. The van der Waals surface area contributed by atoms with Gasteiger partial charge in [0.1, 0.15) is 11.6 Å². The van der Waals surface area contributed by atoms with Gasteiger partial charge in [0.2, 0.25) is 0 Å². The number of H-pyrrole nitrogens is 1. The van der Waals surface area contributed by atoms with E-state index in [2.05, 4.69) is 15.3 Å². The summed E-state index contributed by atoms with van der Waals surface area (Å²) in [5, 5.41) is 11.8. The number of imidazole rings is 1. The van der Waals surface area contributed by atoms with Crippen molar-refractivity contribution >= 4 is 28.7 Å². The molecule has 0 unspecified atom stereocenters. The molecular formula is C20H20N4O2S. The molecule has 2 aromatic carbocycles. The number of hydrogen-bond donors (Lipinski definition) is 2. The summed E-state index contributed by atoms with van der Waals surface area (Å²) < 4.78 is 5.51. The maximum absolute atomic E-state index is 12.4. The van der Waals surface area contributed by atoms with Crippen molar-refractivity contribution in [3.63, 3.8) is 0 Å². The van der Waals surface area contributed by atoms with E-state index in [-0.39, 0.29) is 18.6 Å². The Labute approximate surface area is 161 Å². The average molecular weight is 380 g/mol. The van der Waals surface area contributed by atoms with Gasteiger partial charge in [0.05, 0.1) is 28.7 Å². The minimum atomic E-state index is -0.217. The highest BCUT2D eigenvalue weighted by Gasteiger charge is 2.18. The van der Waals surface area contributed by atoms with Crippen LogP contribution in [0.3, 0.4) is 0 Å². The van der Waals surface area contributed by atoms with E-state index in [0.717, 1.165) is 29.0 Å². The third-order valence-corrected chi connectivity index (χ3v) is 4.68. The van der Waals surface area contributed by atoms with Crippen LogP contribution in [0.2, 0.25) is 0 Å². The number of ether oxygens (including phenoxy) is 1. The molecule has 1 amide bonds. The number of nitrogens with one attached hydrogen (secondary N) is 2. The molecule has 3 aromatic rings. The highest BCUT2D eigenvalue weighted by atomic mass is 32.2. The molecule has 0 aliphatic rings. The fourth-order valence-corrected chi connectivity index (χ4v) is 3.13. The van der Waals surface area contributed by atoms with Crippen LogP contribution in [0.25, 0.3) is 11.0 Å². The fraction of sp³-hybridized carbons (Fsp3) is 0.250. The van der Waals surface area contributed by atoms with Crippen LogP contribution in [0.5, 0.6) is 5.75 Å². The van der Waals surface area contributed by atoms with Gasteiger partial charge in [-0.1, -0.05) is 12.1 Å². The SMILES string of the molecule is CSCC[C@H](NC(=O)COc1ccc(C#N)cc1)c1nc2ccccc2[nH]1. The number of nitriles is 1. The Hall–Kier alpha value is -2.98. The molecule has 0 fully saturated rings. The molecule has 0 spiro atoms. The van der Waals surface area contributed by atoms with E-state index in [1.807, 2.05) is 36.6 Å². The van der Waals surface area contributed by atoms with E-state index < -0.39 is 0 Å². The molecule has 0 bridgehead atoms. The van der Waals surface area contributed by atoms with Gasteiger partial charge in [0, 0.05) is 0 Å². The predicted octanol–water partition coefficient (Wildman–Crippen LogP) is 3.42. The maximum atomic E-state index is 12.4. The van der Waals surface area contributed by atoms with Crippen molar-refractivity contribution in [1.29, 1.82) is 5.26 Å². The zero-order valence-electron chi connectivity index (χ0n) is 14.9. The van der Waals surface area contributed by atoms with Crippen LogP contribution in [0, 0.1) is 11.3 Å².